The molecule has 0 bridgehead atoms. The second kappa shape index (κ2) is 5.96. The van der Waals surface area contributed by atoms with Crippen LogP contribution < -0.4 is 10.5 Å². The largest absolute Gasteiger partial charge is 0.465 e. The van der Waals surface area contributed by atoms with E-state index in [0.717, 1.165) is 16.8 Å². The number of hydrogen-bond acceptors (Lipinski definition) is 4. The number of nitrogen functional groups attached to an aromatic ring is 1. The Labute approximate surface area is 132 Å². The number of nitrogens with two attached hydrogens (primary N) is 1. The zero-order valence-corrected chi connectivity index (χ0v) is 12.4. The SMILES string of the molecule is COC(=O)c1cc(Oc2ccc3ccccc3c2)c(F)cc1N. The van der Waals surface area contributed by atoms with Crippen LogP contribution in [0.5, 0.6) is 11.5 Å². The van der Waals surface area contributed by atoms with Gasteiger partial charge in [-0.25, -0.2) is 9.18 Å². The van der Waals surface area contributed by atoms with Crippen LogP contribution >= 0.6 is 0 Å². The van der Waals surface area contributed by atoms with Crippen molar-refractivity contribution in [1.29, 1.82) is 0 Å². The number of anilines is 1. The number of fused-ring (bicyclic) bond motifs is 1. The molecule has 3 aromatic carbocycles. The molecule has 0 spiro atoms. The fraction of sp³-hybridized carbons (Fsp3) is 0.0556. The van der Waals surface area contributed by atoms with Gasteiger partial charge in [0, 0.05) is 17.8 Å². The second-order valence-corrected chi connectivity index (χ2v) is 4.97. The first kappa shape index (κ1) is 14.8. The lowest BCUT2D eigenvalue weighted by atomic mass is 10.1. The van der Waals surface area contributed by atoms with E-state index in [2.05, 4.69) is 4.74 Å². The molecule has 0 aliphatic rings. The molecule has 0 radical (unpaired) electrons. The van der Waals surface area contributed by atoms with Crippen molar-refractivity contribution in [3.63, 3.8) is 0 Å². The molecule has 0 aliphatic carbocycles. The molecule has 116 valence electrons. The number of hydrogen-bond donors (Lipinski definition) is 1. The van der Waals surface area contributed by atoms with Gasteiger partial charge in [-0.2, -0.15) is 0 Å². The maximum absolute atomic E-state index is 14.0. The molecule has 0 unspecified atom stereocenters. The summed E-state index contributed by atoms with van der Waals surface area (Å²) < 4.78 is 24.2. The van der Waals surface area contributed by atoms with Gasteiger partial charge in [-0.15, -0.1) is 0 Å². The normalized spacial score (nSPS) is 10.5. The highest BCUT2D eigenvalue weighted by molar-refractivity contribution is 5.95. The average molecular weight is 311 g/mol. The molecule has 4 nitrogen and oxygen atoms in total. The third-order valence-corrected chi connectivity index (χ3v) is 3.46. The van der Waals surface area contributed by atoms with E-state index in [1.165, 1.54) is 13.2 Å². The first-order valence-corrected chi connectivity index (χ1v) is 6.92. The van der Waals surface area contributed by atoms with Crippen LogP contribution in [-0.2, 0) is 4.74 Å². The number of ether oxygens (including phenoxy) is 2. The van der Waals surface area contributed by atoms with Crippen molar-refractivity contribution >= 4 is 22.4 Å². The lowest BCUT2D eigenvalue weighted by Gasteiger charge is -2.11. The highest BCUT2D eigenvalue weighted by Crippen LogP contribution is 2.30. The monoisotopic (exact) mass is 311 g/mol. The van der Waals surface area contributed by atoms with Gasteiger partial charge in [-0.05, 0) is 22.9 Å². The van der Waals surface area contributed by atoms with Gasteiger partial charge in [-0.3, -0.25) is 0 Å². The van der Waals surface area contributed by atoms with Gasteiger partial charge in [0.1, 0.15) is 5.75 Å². The molecular formula is C18H14FNO3. The molecule has 0 aliphatic heterocycles. The Morgan fingerprint density at radius 2 is 1.78 bits per heavy atom. The summed E-state index contributed by atoms with van der Waals surface area (Å²) >= 11 is 0. The fourth-order valence-corrected chi connectivity index (χ4v) is 2.29. The van der Waals surface area contributed by atoms with Gasteiger partial charge in [0.15, 0.2) is 11.6 Å². The van der Waals surface area contributed by atoms with E-state index < -0.39 is 11.8 Å². The molecule has 0 saturated heterocycles. The molecule has 0 amide bonds. The lowest BCUT2D eigenvalue weighted by Crippen LogP contribution is -2.06. The summed E-state index contributed by atoms with van der Waals surface area (Å²) in [5.41, 5.74) is 5.70. The molecular weight excluding hydrogens is 297 g/mol. The zero-order valence-electron chi connectivity index (χ0n) is 12.4. The molecule has 3 rings (SSSR count). The minimum atomic E-state index is -0.650. The maximum Gasteiger partial charge on any atom is 0.340 e. The number of rotatable bonds is 3. The first-order chi connectivity index (χ1) is 11.1. The van der Waals surface area contributed by atoms with Gasteiger partial charge in [0.05, 0.1) is 12.7 Å². The number of esters is 1. The van der Waals surface area contributed by atoms with E-state index >= 15 is 0 Å². The number of carbonyl (C=O) groups is 1. The lowest BCUT2D eigenvalue weighted by molar-refractivity contribution is 0.0601. The van der Waals surface area contributed by atoms with Gasteiger partial charge < -0.3 is 15.2 Å². The van der Waals surface area contributed by atoms with Gasteiger partial charge >= 0.3 is 5.97 Å². The number of methoxy groups -OCH3 is 1. The van der Waals surface area contributed by atoms with Crippen molar-refractivity contribution in [2.24, 2.45) is 0 Å². The Kier molecular flexibility index (Phi) is 3.85. The Morgan fingerprint density at radius 3 is 2.52 bits per heavy atom. The standard InChI is InChI=1S/C18H14FNO3/c1-22-18(21)14-9-17(15(19)10-16(14)20)23-13-7-6-11-4-2-3-5-12(11)8-13/h2-10H,20H2,1H3. The molecule has 0 heterocycles. The predicted molar refractivity (Wildman–Crippen MR) is 86.2 cm³/mol. The van der Waals surface area contributed by atoms with Crippen LogP contribution in [0, 0.1) is 5.82 Å². The van der Waals surface area contributed by atoms with Crippen LogP contribution in [-0.4, -0.2) is 13.1 Å². The molecule has 3 aromatic rings. The van der Waals surface area contributed by atoms with E-state index in [1.54, 1.807) is 12.1 Å². The van der Waals surface area contributed by atoms with Crippen LogP contribution in [0.4, 0.5) is 10.1 Å². The summed E-state index contributed by atoms with van der Waals surface area (Å²) in [6.45, 7) is 0. The summed E-state index contributed by atoms with van der Waals surface area (Å²) in [7, 11) is 1.23. The van der Waals surface area contributed by atoms with E-state index in [-0.39, 0.29) is 17.0 Å². The molecule has 0 fully saturated rings. The van der Waals surface area contributed by atoms with Crippen LogP contribution in [0.15, 0.2) is 54.6 Å². The topological polar surface area (TPSA) is 61.5 Å². The van der Waals surface area contributed by atoms with Crippen molar-refractivity contribution in [3.8, 4) is 11.5 Å². The van der Waals surface area contributed by atoms with Crippen LogP contribution in [0.3, 0.4) is 0 Å². The molecule has 0 aromatic heterocycles. The highest BCUT2D eigenvalue weighted by atomic mass is 19.1. The van der Waals surface area contributed by atoms with Gasteiger partial charge in [0.25, 0.3) is 0 Å². The van der Waals surface area contributed by atoms with E-state index in [4.69, 9.17) is 10.5 Å². The van der Waals surface area contributed by atoms with Crippen molar-refractivity contribution in [2.75, 3.05) is 12.8 Å². The van der Waals surface area contributed by atoms with E-state index in [1.807, 2.05) is 30.3 Å². The third-order valence-electron chi connectivity index (χ3n) is 3.46. The molecule has 2 N–H and O–H groups in total. The maximum atomic E-state index is 14.0. The first-order valence-electron chi connectivity index (χ1n) is 6.92. The fourth-order valence-electron chi connectivity index (χ4n) is 2.29. The van der Waals surface area contributed by atoms with Crippen LogP contribution in [0.1, 0.15) is 10.4 Å². The summed E-state index contributed by atoms with van der Waals surface area (Å²) in [6.07, 6.45) is 0. The van der Waals surface area contributed by atoms with Crippen LogP contribution in [0.2, 0.25) is 0 Å². The second-order valence-electron chi connectivity index (χ2n) is 4.97. The summed E-state index contributed by atoms with van der Waals surface area (Å²) in [4.78, 5) is 11.6. The van der Waals surface area contributed by atoms with E-state index in [0.29, 0.717) is 5.75 Å². The van der Waals surface area contributed by atoms with Crippen molar-refractivity contribution in [2.45, 2.75) is 0 Å². The number of carbonyl (C=O) groups excluding carboxylic acids is 1. The molecule has 23 heavy (non-hydrogen) atoms. The Morgan fingerprint density at radius 1 is 1.04 bits per heavy atom. The van der Waals surface area contributed by atoms with Gasteiger partial charge in [0.2, 0.25) is 0 Å². The Bertz CT molecular complexity index is 893. The third kappa shape index (κ3) is 2.94. The summed E-state index contributed by atoms with van der Waals surface area (Å²) in [5, 5.41) is 2.02. The average Bonchev–Trinajstić information content (AvgIpc) is 2.56. The minimum absolute atomic E-state index is 0.000196. The summed E-state index contributed by atoms with van der Waals surface area (Å²) in [6, 6.07) is 15.4. The smallest absolute Gasteiger partial charge is 0.340 e. The predicted octanol–water partition coefficient (Wildman–Crippen LogP) is 4.14. The van der Waals surface area contributed by atoms with Crippen LogP contribution in [0.25, 0.3) is 10.8 Å². The molecule has 0 saturated carbocycles. The van der Waals surface area contributed by atoms with Crippen molar-refractivity contribution in [3.05, 3.63) is 66.0 Å². The van der Waals surface area contributed by atoms with Crippen molar-refractivity contribution in [1.82, 2.24) is 0 Å². The summed E-state index contributed by atoms with van der Waals surface area (Å²) in [5.74, 6) is -0.924. The zero-order chi connectivity index (χ0) is 16.4. The Balaban J connectivity index is 1.99. The molecule has 5 heteroatoms. The quantitative estimate of drug-likeness (QED) is 0.583. The Hall–Kier alpha value is -3.08. The molecule has 0 atom stereocenters. The number of halogens is 1. The van der Waals surface area contributed by atoms with E-state index in [9.17, 15) is 9.18 Å². The minimum Gasteiger partial charge on any atom is -0.465 e. The van der Waals surface area contributed by atoms with Gasteiger partial charge in [-0.1, -0.05) is 30.3 Å². The van der Waals surface area contributed by atoms with Crippen molar-refractivity contribution < 1.29 is 18.7 Å². The number of benzene rings is 3. The highest BCUT2D eigenvalue weighted by Gasteiger charge is 2.16.